The Hall–Kier alpha value is -1.04. The van der Waals surface area contributed by atoms with Crippen LogP contribution in [0.5, 0.6) is 0 Å². The first-order valence-electron chi connectivity index (χ1n) is 8.66. The number of hydrogen-bond donors (Lipinski definition) is 0. The Morgan fingerprint density at radius 1 is 0.850 bits per heavy atom. The average Bonchev–Trinajstić information content (AvgIpc) is 2.68. The van der Waals surface area contributed by atoms with Gasteiger partial charge in [-0.25, -0.2) is 0 Å². The maximum absolute atomic E-state index is 2.50. The fourth-order valence-corrected chi connectivity index (χ4v) is 3.16. The molecule has 0 saturated carbocycles. The van der Waals surface area contributed by atoms with E-state index in [1.54, 1.807) is 16.7 Å². The zero-order valence-corrected chi connectivity index (χ0v) is 13.2. The van der Waals surface area contributed by atoms with Gasteiger partial charge in [0, 0.05) is 0 Å². The zero-order valence-electron chi connectivity index (χ0n) is 13.2. The SMILES string of the molecule is CCC1=C/CCCCCC(/C2=C/C=C\CCCCC2)=C\1. The molecule has 2 rings (SSSR count). The van der Waals surface area contributed by atoms with Crippen LogP contribution in [-0.4, -0.2) is 0 Å². The van der Waals surface area contributed by atoms with Gasteiger partial charge in [-0.1, -0.05) is 55.7 Å². The van der Waals surface area contributed by atoms with Crippen LogP contribution in [0.1, 0.15) is 77.6 Å². The van der Waals surface area contributed by atoms with Gasteiger partial charge in [-0.3, -0.25) is 0 Å². The molecule has 0 amide bonds. The first-order chi connectivity index (χ1) is 9.90. The highest BCUT2D eigenvalue weighted by atomic mass is 14.1. The summed E-state index contributed by atoms with van der Waals surface area (Å²) in [5, 5.41) is 0. The largest absolute Gasteiger partial charge is 0.0845 e. The van der Waals surface area contributed by atoms with Gasteiger partial charge in [0.05, 0.1) is 0 Å². The molecule has 0 radical (unpaired) electrons. The van der Waals surface area contributed by atoms with Crippen molar-refractivity contribution < 1.29 is 0 Å². The van der Waals surface area contributed by atoms with E-state index < -0.39 is 0 Å². The van der Waals surface area contributed by atoms with E-state index in [-0.39, 0.29) is 0 Å². The molecule has 0 spiro atoms. The Kier molecular flexibility index (Phi) is 6.91. The van der Waals surface area contributed by atoms with Gasteiger partial charge in [0.15, 0.2) is 0 Å². The summed E-state index contributed by atoms with van der Waals surface area (Å²) in [6.45, 7) is 2.29. The van der Waals surface area contributed by atoms with Crippen molar-refractivity contribution >= 4 is 0 Å². The molecule has 0 fully saturated rings. The van der Waals surface area contributed by atoms with Crippen molar-refractivity contribution in [2.24, 2.45) is 0 Å². The summed E-state index contributed by atoms with van der Waals surface area (Å²) < 4.78 is 0. The van der Waals surface area contributed by atoms with E-state index >= 15 is 0 Å². The second kappa shape index (κ2) is 9.00. The van der Waals surface area contributed by atoms with Crippen LogP contribution in [0.25, 0.3) is 0 Å². The van der Waals surface area contributed by atoms with Crippen LogP contribution in [0, 0.1) is 0 Å². The lowest BCUT2D eigenvalue weighted by atomic mass is 9.93. The first-order valence-corrected chi connectivity index (χ1v) is 8.66. The summed E-state index contributed by atoms with van der Waals surface area (Å²) in [5.41, 5.74) is 4.77. The van der Waals surface area contributed by atoms with Gasteiger partial charge in [0.2, 0.25) is 0 Å². The van der Waals surface area contributed by atoms with E-state index in [1.807, 2.05) is 0 Å². The standard InChI is InChI=1S/C20H30/c1-2-18-13-9-7-8-12-16-20(17-18)19-14-10-5-3-4-6-11-15-19/h5,10,13-14,17H,2-4,6-9,11-12,15-16H2,1H3/b10-5-,18-13-,19-14+,20-17+. The Morgan fingerprint density at radius 3 is 2.40 bits per heavy atom. The van der Waals surface area contributed by atoms with Crippen LogP contribution in [-0.2, 0) is 0 Å². The minimum atomic E-state index is 1.17. The molecule has 0 aromatic heterocycles. The van der Waals surface area contributed by atoms with Crippen molar-refractivity contribution in [2.75, 3.05) is 0 Å². The molecular formula is C20H30. The normalized spacial score (nSPS) is 31.6. The van der Waals surface area contributed by atoms with Crippen molar-refractivity contribution in [2.45, 2.75) is 77.6 Å². The third kappa shape index (κ3) is 5.15. The molecule has 0 aromatic carbocycles. The molecule has 20 heavy (non-hydrogen) atoms. The van der Waals surface area contributed by atoms with Crippen LogP contribution in [0.15, 0.2) is 47.1 Å². The highest BCUT2D eigenvalue weighted by molar-refractivity contribution is 5.39. The summed E-state index contributed by atoms with van der Waals surface area (Å²) in [4.78, 5) is 0. The molecule has 0 saturated heterocycles. The summed E-state index contributed by atoms with van der Waals surface area (Å²) in [5.74, 6) is 0. The summed E-state index contributed by atoms with van der Waals surface area (Å²) in [7, 11) is 0. The molecule has 2 aliphatic rings. The minimum Gasteiger partial charge on any atom is -0.0845 e. The van der Waals surface area contributed by atoms with Crippen LogP contribution in [0.3, 0.4) is 0 Å². The molecule has 0 heteroatoms. The maximum Gasteiger partial charge on any atom is -0.0276 e. The van der Waals surface area contributed by atoms with Gasteiger partial charge in [-0.2, -0.15) is 0 Å². The van der Waals surface area contributed by atoms with Gasteiger partial charge >= 0.3 is 0 Å². The lowest BCUT2D eigenvalue weighted by molar-refractivity contribution is 0.669. The quantitative estimate of drug-likeness (QED) is 0.526. The smallest absolute Gasteiger partial charge is 0.0276 e. The summed E-state index contributed by atoms with van der Waals surface area (Å²) >= 11 is 0. The summed E-state index contributed by atoms with van der Waals surface area (Å²) in [6, 6.07) is 0. The van der Waals surface area contributed by atoms with E-state index in [2.05, 4.69) is 37.3 Å². The number of rotatable bonds is 2. The predicted octanol–water partition coefficient (Wildman–Crippen LogP) is 6.66. The van der Waals surface area contributed by atoms with Gasteiger partial charge in [-0.15, -0.1) is 0 Å². The van der Waals surface area contributed by atoms with Crippen LogP contribution in [0.2, 0.25) is 0 Å². The molecule has 0 N–H and O–H groups in total. The van der Waals surface area contributed by atoms with E-state index in [9.17, 15) is 0 Å². The van der Waals surface area contributed by atoms with Crippen LogP contribution >= 0.6 is 0 Å². The molecular weight excluding hydrogens is 240 g/mol. The molecule has 0 aliphatic heterocycles. The summed E-state index contributed by atoms with van der Waals surface area (Å²) in [6.07, 6.45) is 26.4. The molecule has 0 heterocycles. The fourth-order valence-electron chi connectivity index (χ4n) is 3.16. The monoisotopic (exact) mass is 270 g/mol. The Morgan fingerprint density at radius 2 is 1.60 bits per heavy atom. The first kappa shape index (κ1) is 15.4. The number of allylic oxidation sites excluding steroid dienone is 8. The highest BCUT2D eigenvalue weighted by Crippen LogP contribution is 2.28. The molecule has 0 bridgehead atoms. The van der Waals surface area contributed by atoms with Gasteiger partial charge in [0.1, 0.15) is 0 Å². The van der Waals surface area contributed by atoms with Crippen LogP contribution in [0.4, 0.5) is 0 Å². The highest BCUT2D eigenvalue weighted by Gasteiger charge is 2.08. The van der Waals surface area contributed by atoms with Gasteiger partial charge in [-0.05, 0) is 68.9 Å². The lowest BCUT2D eigenvalue weighted by Crippen LogP contribution is -1.93. The van der Waals surface area contributed by atoms with Gasteiger partial charge in [0.25, 0.3) is 0 Å². The van der Waals surface area contributed by atoms with Crippen LogP contribution < -0.4 is 0 Å². The predicted molar refractivity (Wildman–Crippen MR) is 89.9 cm³/mol. The second-order valence-corrected chi connectivity index (χ2v) is 6.12. The Labute approximate surface area is 125 Å². The van der Waals surface area contributed by atoms with E-state index in [4.69, 9.17) is 0 Å². The van der Waals surface area contributed by atoms with Crippen molar-refractivity contribution in [1.29, 1.82) is 0 Å². The van der Waals surface area contributed by atoms with Crippen molar-refractivity contribution in [3.05, 3.63) is 47.1 Å². The van der Waals surface area contributed by atoms with E-state index in [1.165, 1.54) is 70.6 Å². The molecule has 2 aliphatic carbocycles. The van der Waals surface area contributed by atoms with Crippen molar-refractivity contribution in [3.8, 4) is 0 Å². The van der Waals surface area contributed by atoms with Crippen molar-refractivity contribution in [1.82, 2.24) is 0 Å². The molecule has 0 aromatic rings. The molecule has 0 nitrogen and oxygen atoms in total. The zero-order chi connectivity index (χ0) is 14.0. The lowest BCUT2D eigenvalue weighted by Gasteiger charge is -2.12. The topological polar surface area (TPSA) is 0 Å². The maximum atomic E-state index is 2.50. The number of hydrogen-bond acceptors (Lipinski definition) is 0. The second-order valence-electron chi connectivity index (χ2n) is 6.12. The molecule has 110 valence electrons. The third-order valence-electron chi connectivity index (χ3n) is 4.49. The van der Waals surface area contributed by atoms with Crippen molar-refractivity contribution in [3.63, 3.8) is 0 Å². The van der Waals surface area contributed by atoms with E-state index in [0.29, 0.717) is 0 Å². The third-order valence-corrected chi connectivity index (χ3v) is 4.49. The molecule has 0 atom stereocenters. The fraction of sp³-hybridized carbons (Fsp3) is 0.600. The Bertz CT molecular complexity index is 404. The van der Waals surface area contributed by atoms with Gasteiger partial charge < -0.3 is 0 Å². The minimum absolute atomic E-state index is 1.17. The average molecular weight is 270 g/mol. The molecule has 0 unspecified atom stereocenters. The Balaban J connectivity index is 2.20. The van der Waals surface area contributed by atoms with E-state index in [0.717, 1.165) is 0 Å².